The Balaban J connectivity index is 1.37. The second-order valence-corrected chi connectivity index (χ2v) is 9.69. The van der Waals surface area contributed by atoms with E-state index in [0.717, 1.165) is 11.1 Å². The van der Waals surface area contributed by atoms with E-state index < -0.39 is 6.04 Å². The van der Waals surface area contributed by atoms with Crippen LogP contribution in [0.2, 0.25) is 0 Å². The average molecular weight is 533 g/mol. The molecular formula is C28H32N6O5. The number of nitrogens with zero attached hydrogens (tertiary/aromatic N) is 5. The third kappa shape index (κ3) is 6.80. The molecule has 39 heavy (non-hydrogen) atoms. The molecule has 4 bridgehead atoms. The van der Waals surface area contributed by atoms with E-state index >= 15 is 0 Å². The Morgan fingerprint density at radius 1 is 1.05 bits per heavy atom. The summed E-state index contributed by atoms with van der Waals surface area (Å²) >= 11 is 0. The van der Waals surface area contributed by atoms with Crippen molar-refractivity contribution in [2.75, 3.05) is 26.2 Å². The maximum Gasteiger partial charge on any atom is 0.246 e. The number of fused-ring (bicyclic) bond motifs is 5. The number of likely N-dealkylation sites (tertiary alicyclic amines) is 1. The van der Waals surface area contributed by atoms with Gasteiger partial charge >= 0.3 is 0 Å². The number of likely N-dealkylation sites (N-methyl/N-ethyl adjacent to an activating group) is 1. The Hall–Kier alpha value is -4.25. The van der Waals surface area contributed by atoms with Crippen LogP contribution < -0.4 is 10.1 Å². The number of aromatic nitrogens is 3. The standard InChI is InChI=1S/C28H32N6O5/c1-2-32-17-26(35)31-24-16-33(28(37)18-34-29-10-11-30-34)12-9-25(24)38-19-21-6-4-8-23(14-21)39-22-7-3-5-20(13-22)15-27(32)36/h3-8,10-11,13-14,24-25H,2,9,12,15-19H2,1H3,(H,31,35)/t24-,25-/m0/s1. The van der Waals surface area contributed by atoms with E-state index in [4.69, 9.17) is 9.47 Å². The van der Waals surface area contributed by atoms with Gasteiger partial charge in [-0.2, -0.15) is 15.0 Å². The molecule has 2 aliphatic rings. The summed E-state index contributed by atoms with van der Waals surface area (Å²) in [5.74, 6) is 0.702. The van der Waals surface area contributed by atoms with Gasteiger partial charge in [0, 0.05) is 19.6 Å². The fourth-order valence-electron chi connectivity index (χ4n) is 4.89. The first-order valence-corrected chi connectivity index (χ1v) is 13.1. The van der Waals surface area contributed by atoms with Gasteiger partial charge < -0.3 is 24.6 Å². The van der Waals surface area contributed by atoms with Crippen LogP contribution in [0.4, 0.5) is 0 Å². The maximum absolute atomic E-state index is 13.1. The van der Waals surface area contributed by atoms with Gasteiger partial charge in [0.15, 0.2) is 0 Å². The minimum atomic E-state index is -0.445. The third-order valence-electron chi connectivity index (χ3n) is 6.91. The van der Waals surface area contributed by atoms with Crippen molar-refractivity contribution in [2.45, 2.75) is 45.1 Å². The molecule has 2 atom stereocenters. The van der Waals surface area contributed by atoms with Gasteiger partial charge in [-0.05, 0) is 48.7 Å². The van der Waals surface area contributed by atoms with Crippen LogP contribution in [-0.2, 0) is 38.7 Å². The second-order valence-electron chi connectivity index (χ2n) is 9.69. The molecule has 0 spiro atoms. The molecule has 1 fully saturated rings. The highest BCUT2D eigenvalue weighted by atomic mass is 16.5. The molecule has 0 saturated carbocycles. The molecule has 0 unspecified atom stereocenters. The minimum absolute atomic E-state index is 0.0187. The quantitative estimate of drug-likeness (QED) is 0.546. The molecule has 0 radical (unpaired) electrons. The molecule has 1 N–H and O–H groups in total. The van der Waals surface area contributed by atoms with Crippen LogP contribution in [0.25, 0.3) is 0 Å². The topological polar surface area (TPSA) is 119 Å². The first-order valence-electron chi connectivity index (χ1n) is 13.1. The van der Waals surface area contributed by atoms with E-state index in [1.165, 1.54) is 22.1 Å². The van der Waals surface area contributed by atoms with Crippen molar-refractivity contribution in [2.24, 2.45) is 0 Å². The van der Waals surface area contributed by atoms with Crippen LogP contribution in [-0.4, -0.2) is 80.8 Å². The summed E-state index contributed by atoms with van der Waals surface area (Å²) in [5.41, 5.74) is 1.72. The molecule has 204 valence electrons. The number of hydrogen-bond acceptors (Lipinski definition) is 7. The van der Waals surface area contributed by atoms with Gasteiger partial charge in [-0.1, -0.05) is 24.3 Å². The van der Waals surface area contributed by atoms with Crippen molar-refractivity contribution >= 4 is 17.7 Å². The number of piperidine rings is 1. The minimum Gasteiger partial charge on any atom is -0.457 e. The van der Waals surface area contributed by atoms with E-state index in [1.54, 1.807) is 4.90 Å². The molecule has 5 rings (SSSR count). The monoisotopic (exact) mass is 532 g/mol. The summed E-state index contributed by atoms with van der Waals surface area (Å²) in [6.07, 6.45) is 3.42. The molecule has 3 aromatic rings. The van der Waals surface area contributed by atoms with Gasteiger partial charge in [-0.15, -0.1) is 0 Å². The molecule has 11 nitrogen and oxygen atoms in total. The third-order valence-corrected chi connectivity index (χ3v) is 6.91. The SMILES string of the molecule is CCN1CC(=O)N[C@H]2CN(C(=O)Cn3nccn3)CC[C@@H]2OCc2cccc(c2)Oc2cccc(c2)CC1=O. The van der Waals surface area contributed by atoms with E-state index in [-0.39, 0.29) is 49.9 Å². The van der Waals surface area contributed by atoms with Gasteiger partial charge in [0.25, 0.3) is 0 Å². The zero-order valence-corrected chi connectivity index (χ0v) is 21.9. The van der Waals surface area contributed by atoms with Gasteiger partial charge in [0.1, 0.15) is 18.0 Å². The van der Waals surface area contributed by atoms with Crippen LogP contribution in [0, 0.1) is 0 Å². The van der Waals surface area contributed by atoms with Gasteiger partial charge in [0.05, 0.1) is 44.1 Å². The normalized spacial score (nSPS) is 20.4. The number of amides is 3. The second kappa shape index (κ2) is 12.1. The van der Waals surface area contributed by atoms with Crippen LogP contribution in [0.1, 0.15) is 24.5 Å². The molecule has 0 aliphatic carbocycles. The van der Waals surface area contributed by atoms with Crippen LogP contribution in [0.3, 0.4) is 0 Å². The number of hydrogen-bond donors (Lipinski definition) is 1. The zero-order valence-electron chi connectivity index (χ0n) is 21.9. The fraction of sp³-hybridized carbons (Fsp3) is 0.393. The lowest BCUT2D eigenvalue weighted by molar-refractivity contribution is -0.139. The highest BCUT2D eigenvalue weighted by molar-refractivity contribution is 5.86. The first kappa shape index (κ1) is 26.4. The number of benzene rings is 2. The molecule has 2 aliphatic heterocycles. The molecule has 3 amide bonds. The van der Waals surface area contributed by atoms with Crippen molar-refractivity contribution in [1.82, 2.24) is 30.1 Å². The van der Waals surface area contributed by atoms with Crippen molar-refractivity contribution in [3.05, 3.63) is 72.1 Å². The maximum atomic E-state index is 13.1. The highest BCUT2D eigenvalue weighted by Crippen LogP contribution is 2.25. The predicted molar refractivity (Wildman–Crippen MR) is 141 cm³/mol. The number of rotatable bonds is 3. The van der Waals surface area contributed by atoms with E-state index in [9.17, 15) is 14.4 Å². The van der Waals surface area contributed by atoms with Crippen LogP contribution >= 0.6 is 0 Å². The highest BCUT2D eigenvalue weighted by Gasteiger charge is 2.34. The largest absolute Gasteiger partial charge is 0.457 e. The number of carbonyl (C=O) groups excluding carboxylic acids is 3. The molecule has 1 saturated heterocycles. The fourth-order valence-corrected chi connectivity index (χ4v) is 4.89. The van der Waals surface area contributed by atoms with E-state index in [1.807, 2.05) is 55.5 Å². The molecule has 2 aromatic carbocycles. The molecule has 11 heteroatoms. The first-order chi connectivity index (χ1) is 19.0. The van der Waals surface area contributed by atoms with Gasteiger partial charge in [-0.25, -0.2) is 0 Å². The van der Waals surface area contributed by atoms with Crippen LogP contribution in [0.15, 0.2) is 60.9 Å². The zero-order chi connectivity index (χ0) is 27.2. The lowest BCUT2D eigenvalue weighted by Crippen LogP contribution is -2.58. The lowest BCUT2D eigenvalue weighted by Gasteiger charge is -2.39. The summed E-state index contributed by atoms with van der Waals surface area (Å²) in [6.45, 7) is 3.25. The average Bonchev–Trinajstić information content (AvgIpc) is 3.44. The summed E-state index contributed by atoms with van der Waals surface area (Å²) in [4.78, 5) is 43.7. The Morgan fingerprint density at radius 2 is 1.77 bits per heavy atom. The number of ether oxygens (including phenoxy) is 2. The Kier molecular flexibility index (Phi) is 8.16. The smallest absolute Gasteiger partial charge is 0.246 e. The summed E-state index contributed by atoms with van der Waals surface area (Å²) in [7, 11) is 0. The van der Waals surface area contributed by atoms with Crippen molar-refractivity contribution < 1.29 is 23.9 Å². The lowest BCUT2D eigenvalue weighted by atomic mass is 10.0. The molecular weight excluding hydrogens is 500 g/mol. The van der Waals surface area contributed by atoms with Crippen molar-refractivity contribution in [3.8, 4) is 11.5 Å². The summed E-state index contributed by atoms with van der Waals surface area (Å²) < 4.78 is 12.4. The van der Waals surface area contributed by atoms with Crippen molar-refractivity contribution in [3.63, 3.8) is 0 Å². The Bertz CT molecular complexity index is 1310. The number of carbonyl (C=O) groups is 3. The Labute approximate surface area is 226 Å². The molecule has 1 aromatic heterocycles. The van der Waals surface area contributed by atoms with Crippen molar-refractivity contribution in [1.29, 1.82) is 0 Å². The van der Waals surface area contributed by atoms with Gasteiger partial charge in [0.2, 0.25) is 17.7 Å². The molecule has 3 heterocycles. The summed E-state index contributed by atoms with van der Waals surface area (Å²) in [6, 6.07) is 14.6. The predicted octanol–water partition coefficient (Wildman–Crippen LogP) is 1.78. The van der Waals surface area contributed by atoms with Crippen LogP contribution in [0.5, 0.6) is 11.5 Å². The van der Waals surface area contributed by atoms with Gasteiger partial charge in [-0.3, -0.25) is 14.4 Å². The summed E-state index contributed by atoms with van der Waals surface area (Å²) in [5, 5.41) is 11.1. The van der Waals surface area contributed by atoms with E-state index in [0.29, 0.717) is 37.6 Å². The Morgan fingerprint density at radius 3 is 2.51 bits per heavy atom. The number of nitrogens with one attached hydrogen (secondary N) is 1. The van der Waals surface area contributed by atoms with E-state index in [2.05, 4.69) is 15.5 Å².